The predicted octanol–water partition coefficient (Wildman–Crippen LogP) is 3.13. The maximum atomic E-state index is 13.3. The highest BCUT2D eigenvalue weighted by atomic mass is 19.1. The van der Waals surface area contributed by atoms with E-state index in [4.69, 9.17) is 0 Å². The SMILES string of the molecule is CC(=NNC(=O)c1ccc(C)cc1)c1cc(F)cc(F)c1O. The molecular weight excluding hydrogens is 290 g/mol. The first-order valence-corrected chi connectivity index (χ1v) is 6.48. The number of hydrogen-bond acceptors (Lipinski definition) is 3. The monoisotopic (exact) mass is 304 g/mol. The molecule has 0 atom stereocenters. The largest absolute Gasteiger partial charge is 0.504 e. The number of hydrazone groups is 1. The van der Waals surface area contributed by atoms with Gasteiger partial charge in [0.1, 0.15) is 5.82 Å². The molecular formula is C16H14F2N2O2. The average Bonchev–Trinajstić information content (AvgIpc) is 2.48. The lowest BCUT2D eigenvalue weighted by atomic mass is 10.1. The van der Waals surface area contributed by atoms with Crippen molar-refractivity contribution in [3.8, 4) is 5.75 Å². The van der Waals surface area contributed by atoms with Gasteiger partial charge in [0.2, 0.25) is 0 Å². The van der Waals surface area contributed by atoms with Gasteiger partial charge in [0.25, 0.3) is 5.91 Å². The van der Waals surface area contributed by atoms with E-state index in [2.05, 4.69) is 10.5 Å². The van der Waals surface area contributed by atoms with Crippen LogP contribution in [0.5, 0.6) is 5.75 Å². The second kappa shape index (κ2) is 6.34. The van der Waals surface area contributed by atoms with E-state index in [-0.39, 0.29) is 11.3 Å². The molecule has 0 unspecified atom stereocenters. The molecule has 4 nitrogen and oxygen atoms in total. The summed E-state index contributed by atoms with van der Waals surface area (Å²) >= 11 is 0. The molecule has 0 saturated carbocycles. The zero-order valence-corrected chi connectivity index (χ0v) is 12.0. The summed E-state index contributed by atoms with van der Waals surface area (Å²) in [4.78, 5) is 11.9. The van der Waals surface area contributed by atoms with Crippen LogP contribution in [0.25, 0.3) is 0 Å². The molecule has 2 N–H and O–H groups in total. The van der Waals surface area contributed by atoms with Crippen LogP contribution in [0, 0.1) is 18.6 Å². The Bertz CT molecular complexity index is 741. The first-order chi connectivity index (χ1) is 10.4. The maximum Gasteiger partial charge on any atom is 0.271 e. The fraction of sp³-hybridized carbons (Fsp3) is 0.125. The molecule has 1 amide bonds. The number of nitrogens with one attached hydrogen (secondary N) is 1. The summed E-state index contributed by atoms with van der Waals surface area (Å²) in [5, 5.41) is 13.3. The topological polar surface area (TPSA) is 61.7 Å². The van der Waals surface area contributed by atoms with Gasteiger partial charge in [-0.25, -0.2) is 14.2 Å². The molecule has 0 bridgehead atoms. The lowest BCUT2D eigenvalue weighted by Crippen LogP contribution is -2.19. The Morgan fingerprint density at radius 3 is 2.45 bits per heavy atom. The molecule has 0 aliphatic carbocycles. The molecule has 0 aromatic heterocycles. The van der Waals surface area contributed by atoms with Crippen molar-refractivity contribution in [2.75, 3.05) is 0 Å². The first-order valence-electron chi connectivity index (χ1n) is 6.48. The normalized spacial score (nSPS) is 11.4. The Morgan fingerprint density at radius 1 is 1.18 bits per heavy atom. The van der Waals surface area contributed by atoms with Gasteiger partial charge in [-0.3, -0.25) is 4.79 Å². The second-order valence-corrected chi connectivity index (χ2v) is 4.79. The Hall–Kier alpha value is -2.76. The van der Waals surface area contributed by atoms with Crippen molar-refractivity contribution in [2.24, 2.45) is 5.10 Å². The molecule has 0 spiro atoms. The van der Waals surface area contributed by atoms with Crippen molar-refractivity contribution >= 4 is 11.6 Å². The maximum absolute atomic E-state index is 13.3. The highest BCUT2D eigenvalue weighted by Gasteiger charge is 2.13. The van der Waals surface area contributed by atoms with Gasteiger partial charge in [0.15, 0.2) is 11.6 Å². The van der Waals surface area contributed by atoms with Crippen LogP contribution in [0.1, 0.15) is 28.4 Å². The van der Waals surface area contributed by atoms with Gasteiger partial charge in [-0.15, -0.1) is 0 Å². The summed E-state index contributed by atoms with van der Waals surface area (Å²) < 4.78 is 26.4. The Labute approximate surface area is 126 Å². The van der Waals surface area contributed by atoms with Crippen LogP contribution < -0.4 is 5.43 Å². The van der Waals surface area contributed by atoms with Crippen LogP contribution in [0.3, 0.4) is 0 Å². The van der Waals surface area contributed by atoms with E-state index in [9.17, 15) is 18.7 Å². The second-order valence-electron chi connectivity index (χ2n) is 4.79. The van der Waals surface area contributed by atoms with Gasteiger partial charge >= 0.3 is 0 Å². The van der Waals surface area contributed by atoms with Crippen LogP contribution >= 0.6 is 0 Å². The average molecular weight is 304 g/mol. The summed E-state index contributed by atoms with van der Waals surface area (Å²) in [6.45, 7) is 3.31. The van der Waals surface area contributed by atoms with E-state index in [0.717, 1.165) is 11.6 Å². The molecule has 22 heavy (non-hydrogen) atoms. The van der Waals surface area contributed by atoms with Crippen LogP contribution in [-0.2, 0) is 0 Å². The molecule has 2 aromatic carbocycles. The fourth-order valence-corrected chi connectivity index (χ4v) is 1.81. The summed E-state index contributed by atoms with van der Waals surface area (Å²) in [6, 6.07) is 8.33. The van der Waals surface area contributed by atoms with Gasteiger partial charge in [-0.2, -0.15) is 5.10 Å². The first kappa shape index (κ1) is 15.6. The standard InChI is InChI=1S/C16H14F2N2O2/c1-9-3-5-11(6-4-9)16(22)20-19-10(2)13-7-12(17)8-14(18)15(13)21/h3-8,21H,1-2H3,(H,20,22). The van der Waals surface area contributed by atoms with Crippen molar-refractivity contribution in [1.82, 2.24) is 5.43 Å². The number of phenols is 1. The van der Waals surface area contributed by atoms with Crippen LogP contribution in [0.2, 0.25) is 0 Å². The quantitative estimate of drug-likeness (QED) is 0.676. The Morgan fingerprint density at radius 2 is 1.82 bits per heavy atom. The molecule has 0 saturated heterocycles. The molecule has 0 aliphatic rings. The number of aromatic hydroxyl groups is 1. The van der Waals surface area contributed by atoms with Crippen LogP contribution in [0.4, 0.5) is 8.78 Å². The van der Waals surface area contributed by atoms with Crippen molar-refractivity contribution in [3.63, 3.8) is 0 Å². The number of benzene rings is 2. The van der Waals surface area contributed by atoms with Crippen molar-refractivity contribution in [3.05, 3.63) is 64.7 Å². The number of carbonyl (C=O) groups excluding carboxylic acids is 1. The van der Waals surface area contributed by atoms with E-state index >= 15 is 0 Å². The van der Waals surface area contributed by atoms with Gasteiger partial charge in [0.05, 0.1) is 5.71 Å². The lowest BCUT2D eigenvalue weighted by Gasteiger charge is -2.06. The van der Waals surface area contributed by atoms with E-state index in [0.29, 0.717) is 11.6 Å². The molecule has 0 fully saturated rings. The van der Waals surface area contributed by atoms with Crippen LogP contribution in [0.15, 0.2) is 41.5 Å². The minimum atomic E-state index is -1.09. The number of aryl methyl sites for hydroxylation is 1. The zero-order chi connectivity index (χ0) is 16.3. The van der Waals surface area contributed by atoms with Gasteiger partial charge < -0.3 is 5.11 Å². The number of amides is 1. The van der Waals surface area contributed by atoms with Crippen molar-refractivity contribution in [1.29, 1.82) is 0 Å². The van der Waals surface area contributed by atoms with Gasteiger partial charge in [-0.05, 0) is 32.0 Å². The van der Waals surface area contributed by atoms with E-state index in [1.165, 1.54) is 6.92 Å². The summed E-state index contributed by atoms with van der Waals surface area (Å²) in [6.07, 6.45) is 0. The smallest absolute Gasteiger partial charge is 0.271 e. The molecule has 0 heterocycles. The number of halogens is 2. The van der Waals surface area contributed by atoms with Crippen LogP contribution in [-0.4, -0.2) is 16.7 Å². The highest BCUT2D eigenvalue weighted by molar-refractivity contribution is 6.02. The number of phenolic OH excluding ortho intramolecular Hbond substituents is 1. The molecule has 2 aromatic rings. The third kappa shape index (κ3) is 3.46. The molecule has 2 rings (SSSR count). The number of nitrogens with zero attached hydrogens (tertiary/aromatic N) is 1. The molecule has 6 heteroatoms. The Kier molecular flexibility index (Phi) is 4.50. The van der Waals surface area contributed by atoms with Gasteiger partial charge in [0, 0.05) is 17.2 Å². The number of rotatable bonds is 3. The summed E-state index contributed by atoms with van der Waals surface area (Å²) in [7, 11) is 0. The summed E-state index contributed by atoms with van der Waals surface area (Å²) in [5.74, 6) is -3.11. The zero-order valence-electron chi connectivity index (χ0n) is 12.0. The minimum Gasteiger partial charge on any atom is -0.504 e. The third-order valence-electron chi connectivity index (χ3n) is 3.06. The molecule has 114 valence electrons. The van der Waals surface area contributed by atoms with E-state index in [1.54, 1.807) is 24.3 Å². The molecule has 0 aliphatic heterocycles. The summed E-state index contributed by atoms with van der Waals surface area (Å²) in [5.41, 5.74) is 3.64. The van der Waals surface area contributed by atoms with Gasteiger partial charge in [-0.1, -0.05) is 17.7 Å². The number of hydrogen-bond donors (Lipinski definition) is 2. The van der Waals surface area contributed by atoms with E-state index < -0.39 is 23.3 Å². The minimum absolute atomic E-state index is 0.0800. The number of carbonyl (C=O) groups is 1. The van der Waals surface area contributed by atoms with E-state index in [1.807, 2.05) is 6.92 Å². The Balaban J connectivity index is 2.19. The third-order valence-corrected chi connectivity index (χ3v) is 3.06. The fourth-order valence-electron chi connectivity index (χ4n) is 1.81. The highest BCUT2D eigenvalue weighted by Crippen LogP contribution is 2.23. The molecule has 0 radical (unpaired) electrons. The van der Waals surface area contributed by atoms with Crippen molar-refractivity contribution in [2.45, 2.75) is 13.8 Å². The predicted molar refractivity (Wildman–Crippen MR) is 78.9 cm³/mol. The lowest BCUT2D eigenvalue weighted by molar-refractivity contribution is 0.0955. The van der Waals surface area contributed by atoms with Crippen molar-refractivity contribution < 1.29 is 18.7 Å².